The van der Waals surface area contributed by atoms with Crippen molar-refractivity contribution in [1.29, 1.82) is 0 Å². The highest BCUT2D eigenvalue weighted by atomic mass is 15.0. The van der Waals surface area contributed by atoms with Crippen LogP contribution in [0.3, 0.4) is 0 Å². The maximum Gasteiger partial charge on any atom is 0.0128 e. The lowest BCUT2D eigenvalue weighted by atomic mass is 9.86. The number of hydrogen-bond acceptors (Lipinski definition) is 1. The quantitative estimate of drug-likeness (QED) is 0.567. The fourth-order valence-corrected chi connectivity index (χ4v) is 1.77. The Bertz CT molecular complexity index is 141. The van der Waals surface area contributed by atoms with Gasteiger partial charge in [-0.15, -0.1) is 0 Å². The molecular weight excluding hydrogens is 134 g/mol. The Hall–Kier alpha value is -0.0400. The third kappa shape index (κ3) is 2.19. The fourth-order valence-electron chi connectivity index (χ4n) is 1.77. The number of rotatable bonds is 0. The Kier molecular flexibility index (Phi) is 2.04. The molecule has 0 radical (unpaired) electrons. The summed E-state index contributed by atoms with van der Waals surface area (Å²) in [6.45, 7) is 11.5. The maximum absolute atomic E-state index is 3.67. The van der Waals surface area contributed by atoms with Gasteiger partial charge in [-0.05, 0) is 32.1 Å². The van der Waals surface area contributed by atoms with E-state index in [2.05, 4.69) is 39.9 Å². The second-order valence-electron chi connectivity index (χ2n) is 5.49. The Morgan fingerprint density at radius 1 is 1.27 bits per heavy atom. The van der Waals surface area contributed by atoms with Gasteiger partial charge in [-0.3, -0.25) is 0 Å². The van der Waals surface area contributed by atoms with Gasteiger partial charge < -0.3 is 5.32 Å². The minimum atomic E-state index is 0.373. The van der Waals surface area contributed by atoms with Crippen LogP contribution in [0.15, 0.2) is 0 Å². The van der Waals surface area contributed by atoms with Crippen LogP contribution in [-0.4, -0.2) is 11.6 Å². The summed E-state index contributed by atoms with van der Waals surface area (Å²) in [4.78, 5) is 0. The van der Waals surface area contributed by atoms with Crippen LogP contribution in [-0.2, 0) is 0 Å². The van der Waals surface area contributed by atoms with Crippen molar-refractivity contribution in [2.75, 3.05) is 0 Å². The van der Waals surface area contributed by atoms with Gasteiger partial charge in [-0.1, -0.05) is 20.8 Å². The Balaban J connectivity index is 2.55. The Morgan fingerprint density at radius 3 is 2.00 bits per heavy atom. The van der Waals surface area contributed by atoms with Crippen LogP contribution in [0.1, 0.15) is 47.5 Å². The third-order valence-corrected chi connectivity index (χ3v) is 2.67. The Labute approximate surface area is 70.6 Å². The van der Waals surface area contributed by atoms with Crippen LogP contribution in [0.4, 0.5) is 0 Å². The molecule has 1 aliphatic rings. The summed E-state index contributed by atoms with van der Waals surface area (Å²) in [5.41, 5.74) is 0.797. The summed E-state index contributed by atoms with van der Waals surface area (Å²) >= 11 is 0. The highest BCUT2D eigenvalue weighted by Crippen LogP contribution is 2.32. The molecule has 0 amide bonds. The average Bonchev–Trinajstić information content (AvgIpc) is 2.07. The van der Waals surface area contributed by atoms with Crippen molar-refractivity contribution in [1.82, 2.24) is 5.32 Å². The minimum Gasteiger partial charge on any atom is -0.309 e. The molecule has 0 bridgehead atoms. The van der Waals surface area contributed by atoms with E-state index in [0.29, 0.717) is 17.0 Å². The summed E-state index contributed by atoms with van der Waals surface area (Å²) in [5, 5.41) is 3.67. The molecule has 1 aliphatic heterocycles. The van der Waals surface area contributed by atoms with Crippen molar-refractivity contribution >= 4 is 0 Å². The van der Waals surface area contributed by atoms with E-state index in [9.17, 15) is 0 Å². The summed E-state index contributed by atoms with van der Waals surface area (Å²) in [5.74, 6) is 0. The molecular formula is C10H21N. The molecule has 0 aromatic rings. The summed E-state index contributed by atoms with van der Waals surface area (Å²) in [7, 11) is 0. The first-order chi connectivity index (χ1) is 4.81. The van der Waals surface area contributed by atoms with Crippen LogP contribution < -0.4 is 5.32 Å². The largest absolute Gasteiger partial charge is 0.309 e. The highest BCUT2D eigenvalue weighted by molar-refractivity contribution is 4.95. The second kappa shape index (κ2) is 2.48. The van der Waals surface area contributed by atoms with Gasteiger partial charge in [0.1, 0.15) is 0 Å². The van der Waals surface area contributed by atoms with Gasteiger partial charge in [0.25, 0.3) is 0 Å². The predicted octanol–water partition coefficient (Wildman–Crippen LogP) is 2.56. The van der Waals surface area contributed by atoms with E-state index in [0.717, 1.165) is 0 Å². The maximum atomic E-state index is 3.67. The van der Waals surface area contributed by atoms with E-state index in [1.807, 2.05) is 0 Å². The van der Waals surface area contributed by atoms with E-state index >= 15 is 0 Å². The molecule has 1 heterocycles. The van der Waals surface area contributed by atoms with E-state index in [4.69, 9.17) is 0 Å². The van der Waals surface area contributed by atoms with Crippen LogP contribution >= 0.6 is 0 Å². The zero-order chi connectivity index (χ0) is 8.70. The van der Waals surface area contributed by atoms with Gasteiger partial charge in [-0.2, -0.15) is 0 Å². The molecule has 1 fully saturated rings. The lowest BCUT2D eigenvalue weighted by Gasteiger charge is -2.30. The highest BCUT2D eigenvalue weighted by Gasteiger charge is 2.36. The van der Waals surface area contributed by atoms with Crippen LogP contribution in [0, 0.1) is 5.41 Å². The van der Waals surface area contributed by atoms with Gasteiger partial charge in [0.05, 0.1) is 0 Å². The molecule has 0 aromatic heterocycles. The monoisotopic (exact) mass is 155 g/mol. The Morgan fingerprint density at radius 2 is 1.82 bits per heavy atom. The fraction of sp³-hybridized carbons (Fsp3) is 1.00. The first kappa shape index (κ1) is 9.05. The minimum absolute atomic E-state index is 0.373. The number of nitrogens with one attached hydrogen (secondary N) is 1. The molecule has 1 N–H and O–H groups in total. The van der Waals surface area contributed by atoms with Crippen LogP contribution in [0.25, 0.3) is 0 Å². The van der Waals surface area contributed by atoms with Gasteiger partial charge >= 0.3 is 0 Å². The number of hydrogen-bond donors (Lipinski definition) is 1. The van der Waals surface area contributed by atoms with Crippen molar-refractivity contribution in [3.8, 4) is 0 Å². The molecule has 11 heavy (non-hydrogen) atoms. The van der Waals surface area contributed by atoms with Crippen LogP contribution in [0.5, 0.6) is 0 Å². The zero-order valence-corrected chi connectivity index (χ0v) is 8.49. The first-order valence-electron chi connectivity index (χ1n) is 4.59. The molecule has 0 spiro atoms. The SMILES string of the molecule is CC1(C)CC[C@H](C(C)(C)C)N1. The molecule has 0 saturated carbocycles. The van der Waals surface area contributed by atoms with Gasteiger partial charge in [0.2, 0.25) is 0 Å². The molecule has 0 aliphatic carbocycles. The first-order valence-corrected chi connectivity index (χ1v) is 4.59. The second-order valence-corrected chi connectivity index (χ2v) is 5.49. The molecule has 1 nitrogen and oxygen atoms in total. The van der Waals surface area contributed by atoms with E-state index in [-0.39, 0.29) is 0 Å². The van der Waals surface area contributed by atoms with Crippen molar-refractivity contribution in [3.63, 3.8) is 0 Å². The topological polar surface area (TPSA) is 12.0 Å². The van der Waals surface area contributed by atoms with Crippen LogP contribution in [0.2, 0.25) is 0 Å². The molecule has 1 heteroatoms. The molecule has 66 valence electrons. The summed E-state index contributed by atoms with van der Waals surface area (Å²) in [6.07, 6.45) is 2.64. The molecule has 0 unspecified atom stereocenters. The van der Waals surface area contributed by atoms with E-state index in [1.54, 1.807) is 0 Å². The zero-order valence-electron chi connectivity index (χ0n) is 8.49. The van der Waals surface area contributed by atoms with Crippen molar-refractivity contribution < 1.29 is 0 Å². The summed E-state index contributed by atoms with van der Waals surface area (Å²) < 4.78 is 0. The van der Waals surface area contributed by atoms with Gasteiger partial charge in [0.15, 0.2) is 0 Å². The normalized spacial score (nSPS) is 30.8. The average molecular weight is 155 g/mol. The van der Waals surface area contributed by atoms with Crippen molar-refractivity contribution in [3.05, 3.63) is 0 Å². The van der Waals surface area contributed by atoms with Gasteiger partial charge in [-0.25, -0.2) is 0 Å². The van der Waals surface area contributed by atoms with Gasteiger partial charge in [0, 0.05) is 11.6 Å². The predicted molar refractivity (Wildman–Crippen MR) is 49.7 cm³/mol. The summed E-state index contributed by atoms with van der Waals surface area (Å²) in [6, 6.07) is 0.706. The van der Waals surface area contributed by atoms with Crippen molar-refractivity contribution in [2.24, 2.45) is 5.41 Å². The molecule has 1 rings (SSSR count). The third-order valence-electron chi connectivity index (χ3n) is 2.67. The lowest BCUT2D eigenvalue weighted by molar-refractivity contribution is 0.271. The van der Waals surface area contributed by atoms with E-state index in [1.165, 1.54) is 12.8 Å². The smallest absolute Gasteiger partial charge is 0.0128 e. The van der Waals surface area contributed by atoms with E-state index < -0.39 is 0 Å². The molecule has 0 aromatic carbocycles. The standard InChI is InChI=1S/C10H21N/c1-9(2,3)8-6-7-10(4,5)11-8/h8,11H,6-7H2,1-5H3/t8-/m1/s1. The lowest BCUT2D eigenvalue weighted by Crippen LogP contribution is -2.43. The molecule has 1 atom stereocenters. The molecule has 1 saturated heterocycles. The van der Waals surface area contributed by atoms with Crippen molar-refractivity contribution in [2.45, 2.75) is 59.0 Å².